The van der Waals surface area contributed by atoms with Gasteiger partial charge in [0.05, 0.1) is 17.7 Å². The van der Waals surface area contributed by atoms with Crippen LogP contribution < -0.4 is 5.32 Å². The molecule has 0 spiro atoms. The Morgan fingerprint density at radius 3 is 2.55 bits per heavy atom. The number of carbonyl (C=O) groups is 1. The van der Waals surface area contributed by atoms with Gasteiger partial charge in [-0.2, -0.15) is 0 Å². The summed E-state index contributed by atoms with van der Waals surface area (Å²) < 4.78 is 0. The molecule has 2 rings (SSSR count). The Kier molecular flexibility index (Phi) is 4.55. The van der Waals surface area contributed by atoms with Crippen molar-refractivity contribution in [1.82, 2.24) is 4.98 Å². The van der Waals surface area contributed by atoms with Crippen LogP contribution >= 0.6 is 11.6 Å². The summed E-state index contributed by atoms with van der Waals surface area (Å²) in [4.78, 5) is 14.9. The van der Waals surface area contributed by atoms with Crippen LogP contribution in [-0.2, 0) is 0 Å². The fourth-order valence-electron chi connectivity index (χ4n) is 1.77. The number of aliphatic hydroxyl groups is 1. The highest BCUT2D eigenvalue weighted by molar-refractivity contribution is 6.33. The molecule has 0 aliphatic heterocycles. The van der Waals surface area contributed by atoms with E-state index in [1.54, 1.807) is 6.07 Å². The van der Waals surface area contributed by atoms with E-state index in [4.69, 9.17) is 16.7 Å². The Balaban J connectivity index is 2.24. The molecule has 104 valence electrons. The van der Waals surface area contributed by atoms with Gasteiger partial charge in [-0.15, -0.1) is 0 Å². The van der Waals surface area contributed by atoms with Crippen molar-refractivity contribution in [2.24, 2.45) is 0 Å². The maximum atomic E-state index is 11.0. The highest BCUT2D eigenvalue weighted by Crippen LogP contribution is 2.21. The SMILES string of the molecule is O=C(O)c1nc(NC(CO)c2ccccc2)ccc1Cl. The number of nitrogens with zero attached hydrogens (tertiary/aromatic N) is 1. The zero-order valence-electron chi connectivity index (χ0n) is 10.5. The van der Waals surface area contributed by atoms with Crippen LogP contribution in [0, 0.1) is 0 Å². The molecule has 5 nitrogen and oxygen atoms in total. The largest absolute Gasteiger partial charge is 0.476 e. The van der Waals surface area contributed by atoms with Gasteiger partial charge >= 0.3 is 5.97 Å². The molecule has 1 atom stereocenters. The van der Waals surface area contributed by atoms with Crippen LogP contribution in [0.5, 0.6) is 0 Å². The van der Waals surface area contributed by atoms with E-state index >= 15 is 0 Å². The lowest BCUT2D eigenvalue weighted by Crippen LogP contribution is -2.16. The molecule has 3 N–H and O–H groups in total. The van der Waals surface area contributed by atoms with E-state index in [0.717, 1.165) is 5.56 Å². The molecular formula is C14H13ClN2O3. The Hall–Kier alpha value is -2.11. The molecule has 20 heavy (non-hydrogen) atoms. The molecule has 0 radical (unpaired) electrons. The Morgan fingerprint density at radius 2 is 1.95 bits per heavy atom. The summed E-state index contributed by atoms with van der Waals surface area (Å²) in [5.74, 6) is -0.853. The molecule has 0 amide bonds. The number of pyridine rings is 1. The number of rotatable bonds is 5. The van der Waals surface area contributed by atoms with E-state index in [0.29, 0.717) is 5.82 Å². The highest BCUT2D eigenvalue weighted by Gasteiger charge is 2.14. The third-order valence-corrected chi connectivity index (χ3v) is 3.06. The van der Waals surface area contributed by atoms with E-state index in [2.05, 4.69) is 10.3 Å². The number of aromatic nitrogens is 1. The Bertz CT molecular complexity index is 605. The number of hydrogen-bond acceptors (Lipinski definition) is 4. The van der Waals surface area contributed by atoms with Gasteiger partial charge < -0.3 is 15.5 Å². The molecular weight excluding hydrogens is 280 g/mol. The molecule has 0 fully saturated rings. The van der Waals surface area contributed by atoms with E-state index in [1.807, 2.05) is 30.3 Å². The molecule has 1 aromatic heterocycles. The second kappa shape index (κ2) is 6.36. The molecule has 0 aliphatic carbocycles. The summed E-state index contributed by atoms with van der Waals surface area (Å²) in [5.41, 5.74) is 0.657. The van der Waals surface area contributed by atoms with Gasteiger partial charge in [0.25, 0.3) is 0 Å². The quantitative estimate of drug-likeness (QED) is 0.789. The zero-order valence-corrected chi connectivity index (χ0v) is 11.2. The summed E-state index contributed by atoms with van der Waals surface area (Å²) in [6.45, 7) is -0.142. The summed E-state index contributed by atoms with van der Waals surface area (Å²) in [7, 11) is 0. The lowest BCUT2D eigenvalue weighted by Gasteiger charge is -2.17. The minimum absolute atomic E-state index is 0.0725. The van der Waals surface area contributed by atoms with E-state index in [1.165, 1.54) is 6.07 Å². The van der Waals surface area contributed by atoms with Crippen LogP contribution in [0.3, 0.4) is 0 Å². The van der Waals surface area contributed by atoms with Crippen molar-refractivity contribution in [1.29, 1.82) is 0 Å². The van der Waals surface area contributed by atoms with Crippen LogP contribution in [0.2, 0.25) is 5.02 Å². The first-order chi connectivity index (χ1) is 9.61. The van der Waals surface area contributed by atoms with Gasteiger partial charge in [0.2, 0.25) is 0 Å². The molecule has 2 aromatic rings. The Morgan fingerprint density at radius 1 is 1.25 bits per heavy atom. The van der Waals surface area contributed by atoms with E-state index in [-0.39, 0.29) is 23.4 Å². The maximum absolute atomic E-state index is 11.0. The van der Waals surface area contributed by atoms with Crippen molar-refractivity contribution in [3.8, 4) is 0 Å². The third-order valence-electron chi connectivity index (χ3n) is 2.76. The van der Waals surface area contributed by atoms with Crippen LogP contribution in [0.1, 0.15) is 22.1 Å². The number of halogens is 1. The van der Waals surface area contributed by atoms with Gasteiger partial charge in [0.15, 0.2) is 5.69 Å². The summed E-state index contributed by atoms with van der Waals surface area (Å²) in [6.07, 6.45) is 0. The first kappa shape index (κ1) is 14.3. The summed E-state index contributed by atoms with van der Waals surface area (Å²) in [5, 5.41) is 21.5. The number of carboxylic acid groups (broad SMARTS) is 1. The first-order valence-electron chi connectivity index (χ1n) is 5.94. The number of nitrogens with one attached hydrogen (secondary N) is 1. The lowest BCUT2D eigenvalue weighted by atomic mass is 10.1. The fourth-order valence-corrected chi connectivity index (χ4v) is 1.96. The number of carboxylic acids is 1. The van der Waals surface area contributed by atoms with Crippen molar-refractivity contribution in [3.63, 3.8) is 0 Å². The van der Waals surface area contributed by atoms with Crippen LogP contribution in [0.25, 0.3) is 0 Å². The van der Waals surface area contributed by atoms with Crippen LogP contribution in [0.15, 0.2) is 42.5 Å². The van der Waals surface area contributed by atoms with Crippen LogP contribution in [-0.4, -0.2) is 27.8 Å². The van der Waals surface area contributed by atoms with Crippen molar-refractivity contribution in [2.45, 2.75) is 6.04 Å². The number of hydrogen-bond donors (Lipinski definition) is 3. The number of aromatic carboxylic acids is 1. The van der Waals surface area contributed by atoms with E-state index < -0.39 is 5.97 Å². The second-order valence-electron chi connectivity index (χ2n) is 4.12. The van der Waals surface area contributed by atoms with Gasteiger partial charge in [-0.1, -0.05) is 41.9 Å². The second-order valence-corrected chi connectivity index (χ2v) is 4.53. The first-order valence-corrected chi connectivity index (χ1v) is 6.32. The average Bonchev–Trinajstić information content (AvgIpc) is 2.47. The van der Waals surface area contributed by atoms with Gasteiger partial charge in [0, 0.05) is 0 Å². The van der Waals surface area contributed by atoms with Gasteiger partial charge in [0.1, 0.15) is 5.82 Å². The molecule has 1 heterocycles. The molecule has 0 saturated carbocycles. The predicted molar refractivity (Wildman–Crippen MR) is 76.1 cm³/mol. The van der Waals surface area contributed by atoms with Gasteiger partial charge in [-0.25, -0.2) is 9.78 Å². The number of anilines is 1. The molecule has 1 aromatic carbocycles. The maximum Gasteiger partial charge on any atom is 0.356 e. The predicted octanol–water partition coefficient (Wildman–Crippen LogP) is 2.58. The smallest absolute Gasteiger partial charge is 0.356 e. The lowest BCUT2D eigenvalue weighted by molar-refractivity contribution is 0.0691. The van der Waals surface area contributed by atoms with Crippen molar-refractivity contribution in [3.05, 3.63) is 58.7 Å². The Labute approximate surface area is 120 Å². The highest BCUT2D eigenvalue weighted by atomic mass is 35.5. The third kappa shape index (κ3) is 3.26. The minimum Gasteiger partial charge on any atom is -0.476 e. The van der Waals surface area contributed by atoms with Crippen LogP contribution in [0.4, 0.5) is 5.82 Å². The monoisotopic (exact) mass is 292 g/mol. The van der Waals surface area contributed by atoms with Gasteiger partial charge in [-0.3, -0.25) is 0 Å². The average molecular weight is 293 g/mol. The molecule has 0 bridgehead atoms. The standard InChI is InChI=1S/C14H13ClN2O3/c15-10-6-7-12(17-13(10)14(19)20)16-11(8-18)9-4-2-1-3-5-9/h1-7,11,18H,8H2,(H,16,17)(H,19,20). The minimum atomic E-state index is -1.20. The van der Waals surface area contributed by atoms with E-state index in [9.17, 15) is 9.90 Å². The van der Waals surface area contributed by atoms with Crippen molar-refractivity contribution < 1.29 is 15.0 Å². The van der Waals surface area contributed by atoms with Crippen molar-refractivity contribution >= 4 is 23.4 Å². The molecule has 0 aliphatic rings. The topological polar surface area (TPSA) is 82.5 Å². The zero-order chi connectivity index (χ0) is 14.5. The molecule has 6 heteroatoms. The summed E-state index contributed by atoms with van der Waals surface area (Å²) >= 11 is 5.76. The van der Waals surface area contributed by atoms with Gasteiger partial charge in [-0.05, 0) is 17.7 Å². The molecule has 1 unspecified atom stereocenters. The fraction of sp³-hybridized carbons (Fsp3) is 0.143. The summed E-state index contributed by atoms with van der Waals surface area (Å²) in [6, 6.07) is 12.0. The normalized spacial score (nSPS) is 11.9. The number of aliphatic hydroxyl groups excluding tert-OH is 1. The number of benzene rings is 1. The van der Waals surface area contributed by atoms with Crippen molar-refractivity contribution in [2.75, 3.05) is 11.9 Å². The molecule has 0 saturated heterocycles.